The number of methoxy groups -OCH3 is 1. The highest BCUT2D eigenvalue weighted by molar-refractivity contribution is 5.85. The average Bonchev–Trinajstić information content (AvgIpc) is 2.65. The predicted molar refractivity (Wildman–Crippen MR) is 70.0 cm³/mol. The SMILES string of the molecule is COCC(C)(C(=O)O)N1c2ccccc2CC1C. The van der Waals surface area contributed by atoms with Crippen molar-refractivity contribution in [1.29, 1.82) is 0 Å². The van der Waals surface area contributed by atoms with Crippen LogP contribution in [0.5, 0.6) is 0 Å². The van der Waals surface area contributed by atoms with Gasteiger partial charge in [-0.05, 0) is 31.9 Å². The molecule has 0 fully saturated rings. The first-order valence-corrected chi connectivity index (χ1v) is 6.10. The number of benzene rings is 1. The number of carboxylic acid groups (broad SMARTS) is 1. The molecule has 18 heavy (non-hydrogen) atoms. The van der Waals surface area contributed by atoms with E-state index in [9.17, 15) is 9.90 Å². The topological polar surface area (TPSA) is 49.8 Å². The number of anilines is 1. The number of carbonyl (C=O) groups is 1. The normalized spacial score (nSPS) is 21.5. The monoisotopic (exact) mass is 249 g/mol. The summed E-state index contributed by atoms with van der Waals surface area (Å²) in [6, 6.07) is 8.14. The van der Waals surface area contributed by atoms with E-state index in [0.717, 1.165) is 12.1 Å². The van der Waals surface area contributed by atoms with Gasteiger partial charge in [0.25, 0.3) is 0 Å². The Balaban J connectivity index is 2.46. The van der Waals surface area contributed by atoms with Crippen molar-refractivity contribution >= 4 is 11.7 Å². The van der Waals surface area contributed by atoms with E-state index >= 15 is 0 Å². The summed E-state index contributed by atoms with van der Waals surface area (Å²) in [5, 5.41) is 9.55. The third-order valence-corrected chi connectivity index (χ3v) is 3.63. The van der Waals surface area contributed by atoms with Gasteiger partial charge in [-0.25, -0.2) is 4.79 Å². The molecule has 2 unspecified atom stereocenters. The second kappa shape index (κ2) is 4.61. The van der Waals surface area contributed by atoms with E-state index in [1.165, 1.54) is 12.7 Å². The van der Waals surface area contributed by atoms with E-state index in [-0.39, 0.29) is 12.6 Å². The van der Waals surface area contributed by atoms with Crippen LogP contribution in [0.4, 0.5) is 5.69 Å². The fourth-order valence-electron chi connectivity index (χ4n) is 2.83. The Morgan fingerprint density at radius 2 is 2.22 bits per heavy atom. The molecule has 0 saturated carbocycles. The lowest BCUT2D eigenvalue weighted by molar-refractivity contribution is -0.145. The van der Waals surface area contributed by atoms with Gasteiger partial charge in [-0.3, -0.25) is 0 Å². The maximum atomic E-state index is 11.6. The molecule has 1 aromatic carbocycles. The standard InChI is InChI=1S/C14H19NO3/c1-10-8-11-6-4-5-7-12(11)15(10)14(2,9-18-3)13(16)17/h4-7,10H,8-9H2,1-3H3,(H,16,17). The number of hydrogen-bond acceptors (Lipinski definition) is 3. The lowest BCUT2D eigenvalue weighted by atomic mass is 9.99. The Labute approximate surface area is 107 Å². The third-order valence-electron chi connectivity index (χ3n) is 3.63. The van der Waals surface area contributed by atoms with Gasteiger partial charge < -0.3 is 14.7 Å². The van der Waals surface area contributed by atoms with Crippen molar-refractivity contribution in [3.8, 4) is 0 Å². The smallest absolute Gasteiger partial charge is 0.331 e. The van der Waals surface area contributed by atoms with Gasteiger partial charge in [0.1, 0.15) is 0 Å². The first-order chi connectivity index (χ1) is 8.50. The molecule has 1 heterocycles. The number of fused-ring (bicyclic) bond motifs is 1. The first kappa shape index (κ1) is 12.9. The number of para-hydroxylation sites is 1. The van der Waals surface area contributed by atoms with Gasteiger partial charge in [0.15, 0.2) is 5.54 Å². The van der Waals surface area contributed by atoms with Crippen molar-refractivity contribution < 1.29 is 14.6 Å². The van der Waals surface area contributed by atoms with Gasteiger partial charge in [0, 0.05) is 18.8 Å². The summed E-state index contributed by atoms with van der Waals surface area (Å²) >= 11 is 0. The van der Waals surface area contributed by atoms with Crippen molar-refractivity contribution in [2.75, 3.05) is 18.6 Å². The number of ether oxygens (including phenoxy) is 1. The number of nitrogens with zero attached hydrogens (tertiary/aromatic N) is 1. The van der Waals surface area contributed by atoms with Crippen molar-refractivity contribution in [2.45, 2.75) is 31.8 Å². The lowest BCUT2D eigenvalue weighted by Crippen LogP contribution is -2.58. The molecule has 0 saturated heterocycles. The molecule has 1 aromatic rings. The first-order valence-electron chi connectivity index (χ1n) is 6.10. The fraction of sp³-hybridized carbons (Fsp3) is 0.500. The summed E-state index contributed by atoms with van der Waals surface area (Å²) in [6.07, 6.45) is 0.878. The van der Waals surface area contributed by atoms with E-state index in [0.29, 0.717) is 0 Å². The minimum atomic E-state index is -1.03. The summed E-state index contributed by atoms with van der Waals surface area (Å²) in [6.45, 7) is 3.94. The Morgan fingerprint density at radius 1 is 1.56 bits per heavy atom. The highest BCUT2D eigenvalue weighted by Crippen LogP contribution is 2.37. The maximum Gasteiger partial charge on any atom is 0.331 e. The Kier molecular flexibility index (Phi) is 3.30. The zero-order valence-corrected chi connectivity index (χ0v) is 11.0. The zero-order valence-electron chi connectivity index (χ0n) is 11.0. The molecule has 0 aromatic heterocycles. The van der Waals surface area contributed by atoms with Crippen molar-refractivity contribution in [3.63, 3.8) is 0 Å². The molecule has 1 N–H and O–H groups in total. The van der Waals surface area contributed by atoms with Gasteiger partial charge in [-0.1, -0.05) is 18.2 Å². The maximum absolute atomic E-state index is 11.6. The van der Waals surface area contributed by atoms with E-state index in [2.05, 4.69) is 13.0 Å². The van der Waals surface area contributed by atoms with Gasteiger partial charge >= 0.3 is 5.97 Å². The predicted octanol–water partition coefficient (Wildman–Crippen LogP) is 1.93. The molecule has 4 nitrogen and oxygen atoms in total. The van der Waals surface area contributed by atoms with Crippen LogP contribution < -0.4 is 4.90 Å². The van der Waals surface area contributed by atoms with Gasteiger partial charge in [-0.2, -0.15) is 0 Å². The summed E-state index contributed by atoms with van der Waals surface area (Å²) in [4.78, 5) is 13.6. The molecule has 98 valence electrons. The third kappa shape index (κ3) is 1.86. The van der Waals surface area contributed by atoms with Crippen molar-refractivity contribution in [1.82, 2.24) is 0 Å². The van der Waals surface area contributed by atoms with Crippen LogP contribution in [0.1, 0.15) is 19.4 Å². The molecule has 2 atom stereocenters. The van der Waals surface area contributed by atoms with Crippen molar-refractivity contribution in [3.05, 3.63) is 29.8 Å². The van der Waals surface area contributed by atoms with Gasteiger partial charge in [-0.15, -0.1) is 0 Å². The van der Waals surface area contributed by atoms with Crippen LogP contribution in [0.25, 0.3) is 0 Å². The summed E-state index contributed by atoms with van der Waals surface area (Å²) in [7, 11) is 1.54. The number of aliphatic carboxylic acids is 1. The van der Waals surface area contributed by atoms with Gasteiger partial charge in [0.05, 0.1) is 6.61 Å². The summed E-state index contributed by atoms with van der Waals surface area (Å²) < 4.78 is 5.12. The van der Waals surface area contributed by atoms with Crippen LogP contribution in [0.3, 0.4) is 0 Å². The molecule has 1 aliphatic heterocycles. The van der Waals surface area contributed by atoms with Gasteiger partial charge in [0.2, 0.25) is 0 Å². The van der Waals surface area contributed by atoms with Crippen LogP contribution in [-0.4, -0.2) is 36.4 Å². The van der Waals surface area contributed by atoms with E-state index < -0.39 is 11.5 Å². The molecule has 0 bridgehead atoms. The average molecular weight is 249 g/mol. The highest BCUT2D eigenvalue weighted by Gasteiger charge is 2.45. The lowest BCUT2D eigenvalue weighted by Gasteiger charge is -2.39. The van der Waals surface area contributed by atoms with Crippen LogP contribution in [0.15, 0.2) is 24.3 Å². The van der Waals surface area contributed by atoms with E-state index in [1.54, 1.807) is 6.92 Å². The van der Waals surface area contributed by atoms with E-state index in [1.807, 2.05) is 23.1 Å². The fourth-order valence-corrected chi connectivity index (χ4v) is 2.83. The molecular weight excluding hydrogens is 230 g/mol. The quantitative estimate of drug-likeness (QED) is 0.885. The number of carboxylic acids is 1. The molecule has 1 aliphatic rings. The second-order valence-electron chi connectivity index (χ2n) is 5.06. The molecule has 0 radical (unpaired) electrons. The number of hydrogen-bond donors (Lipinski definition) is 1. The Morgan fingerprint density at radius 3 is 2.83 bits per heavy atom. The summed E-state index contributed by atoms with van der Waals surface area (Å²) in [5.41, 5.74) is 1.18. The van der Waals surface area contributed by atoms with Crippen LogP contribution >= 0.6 is 0 Å². The van der Waals surface area contributed by atoms with E-state index in [4.69, 9.17) is 4.74 Å². The Hall–Kier alpha value is -1.55. The molecular formula is C14H19NO3. The molecule has 4 heteroatoms. The molecule has 0 aliphatic carbocycles. The number of rotatable bonds is 4. The Bertz CT molecular complexity index is 460. The minimum Gasteiger partial charge on any atom is -0.479 e. The zero-order chi connectivity index (χ0) is 13.3. The largest absolute Gasteiger partial charge is 0.479 e. The highest BCUT2D eigenvalue weighted by atomic mass is 16.5. The molecule has 0 spiro atoms. The summed E-state index contributed by atoms with van der Waals surface area (Å²) in [5.74, 6) is -0.854. The molecule has 2 rings (SSSR count). The minimum absolute atomic E-state index is 0.165. The van der Waals surface area contributed by atoms with Crippen LogP contribution in [0.2, 0.25) is 0 Å². The van der Waals surface area contributed by atoms with Crippen LogP contribution in [0, 0.1) is 0 Å². The second-order valence-corrected chi connectivity index (χ2v) is 5.06. The van der Waals surface area contributed by atoms with Crippen molar-refractivity contribution in [2.24, 2.45) is 0 Å². The molecule has 0 amide bonds. The van der Waals surface area contributed by atoms with Crippen LogP contribution in [-0.2, 0) is 16.0 Å².